The summed E-state index contributed by atoms with van der Waals surface area (Å²) in [5, 5.41) is 0. The number of esters is 1. The Bertz CT molecular complexity index is 364. The average molecular weight is 209 g/mol. The summed E-state index contributed by atoms with van der Waals surface area (Å²) in [5.41, 5.74) is 6.92. The van der Waals surface area contributed by atoms with Gasteiger partial charge in [-0.2, -0.15) is 0 Å². The zero-order valence-electron chi connectivity index (χ0n) is 9.15. The Morgan fingerprint density at radius 3 is 2.73 bits per heavy atom. The smallest absolute Gasteiger partial charge is 0.359 e. The first-order valence-corrected chi connectivity index (χ1v) is 4.85. The third-order valence-electron chi connectivity index (χ3n) is 1.93. The van der Waals surface area contributed by atoms with Crippen molar-refractivity contribution in [2.24, 2.45) is 0 Å². The number of rotatable bonds is 3. The molecule has 5 heteroatoms. The topological polar surface area (TPSA) is 78.1 Å². The lowest BCUT2D eigenvalue weighted by atomic mass is 10.1. The minimum atomic E-state index is -0.501. The van der Waals surface area contributed by atoms with E-state index in [1.54, 1.807) is 6.92 Å². The van der Waals surface area contributed by atoms with E-state index >= 15 is 0 Å². The van der Waals surface area contributed by atoms with Crippen molar-refractivity contribution in [2.75, 3.05) is 12.3 Å². The molecule has 1 aromatic heterocycles. The maximum absolute atomic E-state index is 11.4. The number of ether oxygens (including phenoxy) is 1. The molecule has 0 aliphatic rings. The second-order valence-corrected chi connectivity index (χ2v) is 3.40. The second-order valence-electron chi connectivity index (χ2n) is 3.40. The normalized spacial score (nSPS) is 10.4. The highest BCUT2D eigenvalue weighted by molar-refractivity contribution is 5.93. The monoisotopic (exact) mass is 209 g/mol. The molecule has 0 bridgehead atoms. The van der Waals surface area contributed by atoms with Crippen LogP contribution in [0.5, 0.6) is 0 Å². The first-order valence-electron chi connectivity index (χ1n) is 4.85. The summed E-state index contributed by atoms with van der Waals surface area (Å²) in [7, 11) is 0. The summed E-state index contributed by atoms with van der Waals surface area (Å²) in [6, 6.07) is 0. The van der Waals surface area contributed by atoms with Gasteiger partial charge in [-0.25, -0.2) is 14.8 Å². The molecule has 0 saturated carbocycles. The van der Waals surface area contributed by atoms with Crippen molar-refractivity contribution in [3.05, 3.63) is 17.7 Å². The quantitative estimate of drug-likeness (QED) is 0.760. The number of hydrogen-bond acceptors (Lipinski definition) is 5. The molecule has 15 heavy (non-hydrogen) atoms. The van der Waals surface area contributed by atoms with Crippen LogP contribution in [0.1, 0.15) is 42.9 Å². The number of aromatic nitrogens is 2. The van der Waals surface area contributed by atoms with Crippen LogP contribution >= 0.6 is 0 Å². The molecular formula is C10H15N3O2. The summed E-state index contributed by atoms with van der Waals surface area (Å²) >= 11 is 0. The van der Waals surface area contributed by atoms with Crippen molar-refractivity contribution in [1.29, 1.82) is 0 Å². The van der Waals surface area contributed by atoms with Crippen LogP contribution in [0.2, 0.25) is 0 Å². The zero-order valence-corrected chi connectivity index (χ0v) is 9.15. The van der Waals surface area contributed by atoms with Gasteiger partial charge in [0.1, 0.15) is 6.33 Å². The molecule has 0 aliphatic carbocycles. The number of carbonyl (C=O) groups is 1. The largest absolute Gasteiger partial charge is 0.461 e. The molecular weight excluding hydrogens is 194 g/mol. The molecule has 82 valence electrons. The van der Waals surface area contributed by atoms with Gasteiger partial charge < -0.3 is 10.5 Å². The van der Waals surface area contributed by atoms with Crippen molar-refractivity contribution in [2.45, 2.75) is 26.7 Å². The summed E-state index contributed by atoms with van der Waals surface area (Å²) in [6.07, 6.45) is 1.33. The summed E-state index contributed by atoms with van der Waals surface area (Å²) in [6.45, 7) is 5.94. The molecule has 0 radical (unpaired) electrons. The molecule has 5 nitrogen and oxygen atoms in total. The fraction of sp³-hybridized carbons (Fsp3) is 0.500. The molecule has 0 saturated heterocycles. The van der Waals surface area contributed by atoms with Gasteiger partial charge in [0.15, 0.2) is 5.69 Å². The fourth-order valence-corrected chi connectivity index (χ4v) is 1.23. The highest BCUT2D eigenvalue weighted by Gasteiger charge is 2.17. The van der Waals surface area contributed by atoms with Gasteiger partial charge in [0.25, 0.3) is 0 Å². The van der Waals surface area contributed by atoms with Gasteiger partial charge in [-0.3, -0.25) is 0 Å². The SMILES string of the molecule is CCOC(=O)c1ncnc(C(C)C)c1N. The van der Waals surface area contributed by atoms with E-state index in [0.29, 0.717) is 18.0 Å². The van der Waals surface area contributed by atoms with Gasteiger partial charge in [-0.05, 0) is 12.8 Å². The number of anilines is 1. The standard InChI is InChI=1S/C10H15N3O2/c1-4-15-10(14)9-7(11)8(6(2)3)12-5-13-9/h5-6H,4,11H2,1-3H3. The van der Waals surface area contributed by atoms with Crippen LogP contribution in [0.4, 0.5) is 5.69 Å². The predicted octanol–water partition coefficient (Wildman–Crippen LogP) is 1.36. The fourth-order valence-electron chi connectivity index (χ4n) is 1.23. The van der Waals surface area contributed by atoms with Crippen LogP contribution in [0.3, 0.4) is 0 Å². The van der Waals surface area contributed by atoms with Gasteiger partial charge in [0.2, 0.25) is 0 Å². The molecule has 0 fully saturated rings. The van der Waals surface area contributed by atoms with Crippen molar-refractivity contribution in [3.8, 4) is 0 Å². The molecule has 1 rings (SSSR count). The minimum absolute atomic E-state index is 0.149. The number of hydrogen-bond donors (Lipinski definition) is 1. The molecule has 0 aromatic carbocycles. The molecule has 0 unspecified atom stereocenters. The first-order chi connectivity index (χ1) is 7.07. The molecule has 2 N–H and O–H groups in total. The number of nitrogens with zero attached hydrogens (tertiary/aromatic N) is 2. The molecule has 0 atom stereocenters. The molecule has 0 spiro atoms. The molecule has 1 aromatic rings. The van der Waals surface area contributed by atoms with Crippen LogP contribution < -0.4 is 5.73 Å². The summed E-state index contributed by atoms with van der Waals surface area (Å²) in [4.78, 5) is 19.3. The van der Waals surface area contributed by atoms with E-state index in [9.17, 15) is 4.79 Å². The van der Waals surface area contributed by atoms with Gasteiger partial charge in [-0.1, -0.05) is 13.8 Å². The minimum Gasteiger partial charge on any atom is -0.461 e. The number of nitrogen functional groups attached to an aromatic ring is 1. The Morgan fingerprint density at radius 1 is 1.53 bits per heavy atom. The van der Waals surface area contributed by atoms with Crippen molar-refractivity contribution in [3.63, 3.8) is 0 Å². The lowest BCUT2D eigenvalue weighted by molar-refractivity contribution is 0.0520. The van der Waals surface area contributed by atoms with Crippen LogP contribution in [0, 0.1) is 0 Å². The van der Waals surface area contributed by atoms with Crippen LogP contribution in [-0.2, 0) is 4.74 Å². The summed E-state index contributed by atoms with van der Waals surface area (Å²) < 4.78 is 4.83. The van der Waals surface area contributed by atoms with Gasteiger partial charge in [-0.15, -0.1) is 0 Å². The van der Waals surface area contributed by atoms with E-state index in [0.717, 1.165) is 0 Å². The lowest BCUT2D eigenvalue weighted by Gasteiger charge is -2.10. The van der Waals surface area contributed by atoms with Crippen LogP contribution in [-0.4, -0.2) is 22.5 Å². The summed E-state index contributed by atoms with van der Waals surface area (Å²) in [5.74, 6) is -0.347. The lowest BCUT2D eigenvalue weighted by Crippen LogP contribution is -2.13. The molecule has 1 heterocycles. The highest BCUT2D eigenvalue weighted by atomic mass is 16.5. The Labute approximate surface area is 88.7 Å². The average Bonchev–Trinajstić information content (AvgIpc) is 2.17. The van der Waals surface area contributed by atoms with E-state index in [2.05, 4.69) is 9.97 Å². The highest BCUT2D eigenvalue weighted by Crippen LogP contribution is 2.21. The Morgan fingerprint density at radius 2 is 2.20 bits per heavy atom. The van der Waals surface area contributed by atoms with Gasteiger partial charge in [0.05, 0.1) is 18.0 Å². The Balaban J connectivity index is 3.09. The Kier molecular flexibility index (Phi) is 3.60. The molecule has 0 aliphatic heterocycles. The van der Waals surface area contributed by atoms with Crippen LogP contribution in [0.25, 0.3) is 0 Å². The zero-order chi connectivity index (χ0) is 11.4. The number of carbonyl (C=O) groups excluding carboxylic acids is 1. The second kappa shape index (κ2) is 4.72. The third kappa shape index (κ3) is 2.43. The van der Waals surface area contributed by atoms with Crippen LogP contribution in [0.15, 0.2) is 6.33 Å². The number of nitrogens with two attached hydrogens (primary N) is 1. The van der Waals surface area contributed by atoms with E-state index in [1.165, 1.54) is 6.33 Å². The van der Waals surface area contributed by atoms with Gasteiger partial charge >= 0.3 is 5.97 Å². The Hall–Kier alpha value is -1.65. The predicted molar refractivity (Wildman–Crippen MR) is 56.5 cm³/mol. The van der Waals surface area contributed by atoms with Crippen molar-refractivity contribution < 1.29 is 9.53 Å². The first kappa shape index (κ1) is 11.4. The maximum atomic E-state index is 11.4. The third-order valence-corrected chi connectivity index (χ3v) is 1.93. The van der Waals surface area contributed by atoms with Gasteiger partial charge in [0, 0.05) is 0 Å². The van der Waals surface area contributed by atoms with Crippen molar-refractivity contribution in [1.82, 2.24) is 9.97 Å². The molecule has 0 amide bonds. The van der Waals surface area contributed by atoms with E-state index in [4.69, 9.17) is 10.5 Å². The van der Waals surface area contributed by atoms with E-state index in [-0.39, 0.29) is 11.6 Å². The maximum Gasteiger partial charge on any atom is 0.359 e. The van der Waals surface area contributed by atoms with Crippen molar-refractivity contribution >= 4 is 11.7 Å². The van der Waals surface area contributed by atoms with E-state index < -0.39 is 5.97 Å². The van der Waals surface area contributed by atoms with E-state index in [1.807, 2.05) is 13.8 Å².